The number of nitrogens with zero attached hydrogens (tertiary/aromatic N) is 1. The van der Waals surface area contributed by atoms with Crippen molar-refractivity contribution in [3.05, 3.63) is 0 Å². The van der Waals surface area contributed by atoms with E-state index in [1.807, 2.05) is 0 Å². The molecule has 0 aliphatic rings. The van der Waals surface area contributed by atoms with Gasteiger partial charge in [0.05, 0.1) is 6.61 Å². The highest BCUT2D eigenvalue weighted by atomic mass is 16.3. The Labute approximate surface area is 108 Å². The van der Waals surface area contributed by atoms with Crippen LogP contribution >= 0.6 is 0 Å². The highest BCUT2D eigenvalue weighted by molar-refractivity contribution is 4.87. The van der Waals surface area contributed by atoms with Gasteiger partial charge in [0.2, 0.25) is 0 Å². The minimum Gasteiger partial charge on any atom is -0.394 e. The number of nitrogens with one attached hydrogen (secondary N) is 1. The molecular formula is C14H32N2O. The zero-order chi connectivity index (χ0) is 13.5. The molecule has 0 saturated heterocycles. The fourth-order valence-electron chi connectivity index (χ4n) is 2.47. The lowest BCUT2D eigenvalue weighted by Gasteiger charge is -2.37. The van der Waals surface area contributed by atoms with Crippen LogP contribution in [0.2, 0.25) is 0 Å². The summed E-state index contributed by atoms with van der Waals surface area (Å²) in [6.45, 7) is 12.0. The quantitative estimate of drug-likeness (QED) is 0.653. The van der Waals surface area contributed by atoms with E-state index in [0.717, 1.165) is 13.0 Å². The van der Waals surface area contributed by atoms with Crippen molar-refractivity contribution in [2.75, 3.05) is 20.2 Å². The Balaban J connectivity index is 4.34. The smallest absolute Gasteiger partial charge is 0.0611 e. The molecule has 0 aliphatic heterocycles. The number of aliphatic hydroxyl groups excluding tert-OH is 1. The van der Waals surface area contributed by atoms with E-state index in [0.29, 0.717) is 12.1 Å². The van der Waals surface area contributed by atoms with Crippen LogP contribution in [0.15, 0.2) is 0 Å². The average molecular weight is 244 g/mol. The van der Waals surface area contributed by atoms with Crippen molar-refractivity contribution in [3.8, 4) is 0 Å². The SMILES string of the molecule is CCCC(C)N(C)C(C)CC(C)(CO)NCC. The molecule has 0 saturated carbocycles. The first-order valence-electron chi connectivity index (χ1n) is 6.98. The lowest BCUT2D eigenvalue weighted by atomic mass is 9.93. The van der Waals surface area contributed by atoms with Gasteiger partial charge in [0.15, 0.2) is 0 Å². The Morgan fingerprint density at radius 3 is 2.24 bits per heavy atom. The van der Waals surface area contributed by atoms with Crippen LogP contribution in [0, 0.1) is 0 Å². The summed E-state index contributed by atoms with van der Waals surface area (Å²) >= 11 is 0. The van der Waals surface area contributed by atoms with Gasteiger partial charge in [-0.3, -0.25) is 0 Å². The summed E-state index contributed by atoms with van der Waals surface area (Å²) in [7, 11) is 2.19. The molecule has 0 aromatic carbocycles. The molecule has 17 heavy (non-hydrogen) atoms. The first-order valence-corrected chi connectivity index (χ1v) is 6.98. The fraction of sp³-hybridized carbons (Fsp3) is 1.00. The molecule has 0 rings (SSSR count). The number of rotatable bonds is 9. The van der Waals surface area contributed by atoms with Crippen LogP contribution in [-0.2, 0) is 0 Å². The molecule has 0 bridgehead atoms. The lowest BCUT2D eigenvalue weighted by molar-refractivity contribution is 0.108. The topological polar surface area (TPSA) is 35.5 Å². The van der Waals surface area contributed by atoms with Gasteiger partial charge in [-0.05, 0) is 47.2 Å². The summed E-state index contributed by atoms with van der Waals surface area (Å²) in [4.78, 5) is 2.43. The van der Waals surface area contributed by atoms with Crippen LogP contribution in [0.5, 0.6) is 0 Å². The predicted molar refractivity (Wildman–Crippen MR) is 75.4 cm³/mol. The van der Waals surface area contributed by atoms with E-state index in [1.165, 1.54) is 12.8 Å². The van der Waals surface area contributed by atoms with Gasteiger partial charge in [-0.15, -0.1) is 0 Å². The molecule has 0 heterocycles. The number of aliphatic hydroxyl groups is 1. The highest BCUT2D eigenvalue weighted by Crippen LogP contribution is 2.18. The lowest BCUT2D eigenvalue weighted by Crippen LogP contribution is -2.51. The van der Waals surface area contributed by atoms with Gasteiger partial charge in [-0.2, -0.15) is 0 Å². The molecule has 104 valence electrons. The van der Waals surface area contributed by atoms with E-state index in [-0.39, 0.29) is 12.1 Å². The van der Waals surface area contributed by atoms with Gasteiger partial charge in [-0.25, -0.2) is 0 Å². The van der Waals surface area contributed by atoms with Crippen molar-refractivity contribution >= 4 is 0 Å². The van der Waals surface area contributed by atoms with Gasteiger partial charge in [-0.1, -0.05) is 20.3 Å². The van der Waals surface area contributed by atoms with Crippen molar-refractivity contribution in [3.63, 3.8) is 0 Å². The van der Waals surface area contributed by atoms with Gasteiger partial charge < -0.3 is 15.3 Å². The molecule has 0 radical (unpaired) electrons. The Morgan fingerprint density at radius 1 is 1.24 bits per heavy atom. The molecule has 3 atom stereocenters. The number of hydrogen-bond donors (Lipinski definition) is 2. The molecule has 0 aromatic rings. The zero-order valence-corrected chi connectivity index (χ0v) is 12.6. The van der Waals surface area contributed by atoms with E-state index in [1.54, 1.807) is 0 Å². The van der Waals surface area contributed by atoms with E-state index < -0.39 is 0 Å². The maximum atomic E-state index is 9.51. The van der Waals surface area contributed by atoms with Gasteiger partial charge in [0.1, 0.15) is 0 Å². The summed E-state index contributed by atoms with van der Waals surface area (Å²) in [5.74, 6) is 0. The van der Waals surface area contributed by atoms with E-state index in [9.17, 15) is 5.11 Å². The minimum atomic E-state index is -0.158. The van der Waals surface area contributed by atoms with Crippen LogP contribution in [-0.4, -0.2) is 47.8 Å². The maximum Gasteiger partial charge on any atom is 0.0611 e. The standard InChI is InChI=1S/C14H32N2O/c1-7-9-12(3)16(6)13(4)10-14(5,11-17)15-8-2/h12-13,15,17H,7-11H2,1-6H3. The van der Waals surface area contributed by atoms with E-state index >= 15 is 0 Å². The molecule has 2 N–H and O–H groups in total. The second-order valence-corrected chi connectivity index (χ2v) is 5.61. The average Bonchev–Trinajstić information content (AvgIpc) is 2.28. The fourth-order valence-corrected chi connectivity index (χ4v) is 2.47. The second kappa shape index (κ2) is 8.06. The summed E-state index contributed by atoms with van der Waals surface area (Å²) in [5.41, 5.74) is -0.158. The second-order valence-electron chi connectivity index (χ2n) is 5.61. The zero-order valence-electron chi connectivity index (χ0n) is 12.6. The van der Waals surface area contributed by atoms with E-state index in [2.05, 4.69) is 51.9 Å². The number of hydrogen-bond acceptors (Lipinski definition) is 3. The third kappa shape index (κ3) is 5.84. The molecule has 3 heteroatoms. The van der Waals surface area contributed by atoms with Crippen molar-refractivity contribution in [1.82, 2.24) is 10.2 Å². The van der Waals surface area contributed by atoms with Crippen molar-refractivity contribution in [2.24, 2.45) is 0 Å². The molecule has 0 aliphatic carbocycles. The van der Waals surface area contributed by atoms with Crippen molar-refractivity contribution < 1.29 is 5.11 Å². The molecule has 0 fully saturated rings. The highest BCUT2D eigenvalue weighted by Gasteiger charge is 2.27. The van der Waals surface area contributed by atoms with Crippen LogP contribution in [0.4, 0.5) is 0 Å². The van der Waals surface area contributed by atoms with E-state index in [4.69, 9.17) is 0 Å². The van der Waals surface area contributed by atoms with Gasteiger partial charge in [0, 0.05) is 17.6 Å². The normalized spacial score (nSPS) is 19.1. The Kier molecular flexibility index (Phi) is 8.01. The molecule has 3 unspecified atom stereocenters. The summed E-state index contributed by atoms with van der Waals surface area (Å²) in [6, 6.07) is 1.09. The molecule has 0 amide bonds. The first kappa shape index (κ1) is 16.9. The molecule has 0 spiro atoms. The van der Waals surface area contributed by atoms with Gasteiger partial charge in [0.25, 0.3) is 0 Å². The van der Waals surface area contributed by atoms with Crippen molar-refractivity contribution in [2.45, 2.75) is 71.5 Å². The van der Waals surface area contributed by atoms with Gasteiger partial charge >= 0.3 is 0 Å². The van der Waals surface area contributed by atoms with Crippen LogP contribution in [0.25, 0.3) is 0 Å². The number of likely N-dealkylation sites (N-methyl/N-ethyl adjacent to an activating group) is 1. The minimum absolute atomic E-state index is 0.158. The summed E-state index contributed by atoms with van der Waals surface area (Å²) < 4.78 is 0. The largest absolute Gasteiger partial charge is 0.394 e. The summed E-state index contributed by atoms with van der Waals surface area (Å²) in [5, 5.41) is 12.9. The molecular weight excluding hydrogens is 212 g/mol. The predicted octanol–water partition coefficient (Wildman–Crippen LogP) is 2.25. The molecule has 3 nitrogen and oxygen atoms in total. The van der Waals surface area contributed by atoms with Crippen molar-refractivity contribution in [1.29, 1.82) is 0 Å². The third-order valence-corrected chi connectivity index (χ3v) is 3.80. The van der Waals surface area contributed by atoms with Crippen LogP contribution in [0.1, 0.15) is 53.9 Å². The van der Waals surface area contributed by atoms with Crippen LogP contribution < -0.4 is 5.32 Å². The molecule has 0 aromatic heterocycles. The Morgan fingerprint density at radius 2 is 1.82 bits per heavy atom. The monoisotopic (exact) mass is 244 g/mol. The third-order valence-electron chi connectivity index (χ3n) is 3.80. The Hall–Kier alpha value is -0.120. The first-order chi connectivity index (χ1) is 7.90. The maximum absolute atomic E-state index is 9.51. The summed E-state index contributed by atoms with van der Waals surface area (Å²) in [6.07, 6.45) is 3.43. The Bertz CT molecular complexity index is 199. The van der Waals surface area contributed by atoms with Crippen LogP contribution in [0.3, 0.4) is 0 Å².